The first-order chi connectivity index (χ1) is 15.2. The van der Waals surface area contributed by atoms with Crippen molar-refractivity contribution < 1.29 is 19.1 Å². The topological polar surface area (TPSA) is 84.5 Å². The Morgan fingerprint density at radius 1 is 1.25 bits per heavy atom. The zero-order chi connectivity index (χ0) is 23.7. The summed E-state index contributed by atoms with van der Waals surface area (Å²) in [5.41, 5.74) is 0.971. The number of methoxy groups -OCH3 is 1. The van der Waals surface area contributed by atoms with E-state index in [4.69, 9.17) is 4.74 Å². The van der Waals surface area contributed by atoms with Crippen molar-refractivity contribution in [3.8, 4) is 0 Å². The molecule has 0 bridgehead atoms. The van der Waals surface area contributed by atoms with Crippen molar-refractivity contribution >= 4 is 29.4 Å². The van der Waals surface area contributed by atoms with Gasteiger partial charge in [0.2, 0.25) is 11.8 Å². The van der Waals surface area contributed by atoms with E-state index < -0.39 is 5.54 Å². The smallest absolute Gasteiger partial charge is 0.247 e. The average molecular weight is 465 g/mol. The van der Waals surface area contributed by atoms with Gasteiger partial charge in [-0.25, -0.2) is 0 Å². The van der Waals surface area contributed by atoms with Crippen molar-refractivity contribution in [2.45, 2.75) is 77.9 Å². The van der Waals surface area contributed by atoms with E-state index in [1.165, 1.54) is 18.4 Å². The molecule has 2 amide bonds. The maximum Gasteiger partial charge on any atom is 0.247 e. The van der Waals surface area contributed by atoms with Crippen molar-refractivity contribution in [1.82, 2.24) is 10.6 Å². The molecule has 180 valence electrons. The van der Waals surface area contributed by atoms with Gasteiger partial charge in [0.1, 0.15) is 5.54 Å². The van der Waals surface area contributed by atoms with Gasteiger partial charge in [0.15, 0.2) is 5.78 Å². The van der Waals surface area contributed by atoms with E-state index in [2.05, 4.69) is 23.6 Å². The van der Waals surface area contributed by atoms with Crippen molar-refractivity contribution in [1.29, 1.82) is 0 Å². The molecular weight excluding hydrogens is 424 g/mol. The highest BCUT2D eigenvalue weighted by Gasteiger charge is 2.39. The normalized spacial score (nSPS) is 23.1. The van der Waals surface area contributed by atoms with E-state index in [0.717, 1.165) is 25.0 Å². The van der Waals surface area contributed by atoms with E-state index in [1.807, 2.05) is 19.9 Å². The molecule has 0 saturated heterocycles. The van der Waals surface area contributed by atoms with E-state index in [-0.39, 0.29) is 36.2 Å². The molecule has 0 heterocycles. The van der Waals surface area contributed by atoms with Crippen molar-refractivity contribution in [2.75, 3.05) is 25.2 Å². The third kappa shape index (κ3) is 7.48. The molecule has 2 aliphatic carbocycles. The summed E-state index contributed by atoms with van der Waals surface area (Å²) in [5.74, 6) is 0.894. The summed E-state index contributed by atoms with van der Waals surface area (Å²) in [7, 11) is 1.64. The SMILES string of the molecule is COC1C=C(C(=O)N[C@@](C)(C(=O)NCC(=O)CSCC2=CCCCC2)C(C)C)CCC1C. The van der Waals surface area contributed by atoms with E-state index >= 15 is 0 Å². The molecule has 7 heteroatoms. The zero-order valence-electron chi connectivity index (χ0n) is 20.3. The maximum absolute atomic E-state index is 13.0. The van der Waals surface area contributed by atoms with Crippen LogP contribution in [0.5, 0.6) is 0 Å². The maximum atomic E-state index is 13.0. The number of Topliss-reactive ketones (excluding diaryl/α,β-unsaturated/α-hetero) is 1. The number of allylic oxidation sites excluding steroid dienone is 1. The van der Waals surface area contributed by atoms with Gasteiger partial charge in [-0.05, 0) is 63.4 Å². The minimum atomic E-state index is -1.11. The lowest BCUT2D eigenvalue weighted by Gasteiger charge is -2.34. The standard InChI is InChI=1S/C25H40N2O4S/c1-17(2)25(4,27-23(29)20-12-11-18(3)22(13-20)31-5)24(30)26-14-21(28)16-32-15-19-9-7-6-8-10-19/h9,13,17-18,22H,6-8,10-12,14-16H2,1-5H3,(H,26,30)(H,27,29)/t18?,22?,25-/m1/s1. The molecule has 2 rings (SSSR count). The number of thioether (sulfide) groups is 1. The quantitative estimate of drug-likeness (QED) is 0.454. The Bertz CT molecular complexity index is 746. The summed E-state index contributed by atoms with van der Waals surface area (Å²) in [6, 6.07) is 0. The highest BCUT2D eigenvalue weighted by atomic mass is 32.2. The highest BCUT2D eigenvalue weighted by molar-refractivity contribution is 8.00. The Hall–Kier alpha value is -1.60. The van der Waals surface area contributed by atoms with Crippen LogP contribution in [0.4, 0.5) is 0 Å². The molecule has 0 aliphatic heterocycles. The largest absolute Gasteiger partial charge is 0.377 e. The lowest BCUT2D eigenvalue weighted by molar-refractivity contribution is -0.134. The van der Waals surface area contributed by atoms with Crippen LogP contribution in [-0.4, -0.2) is 54.4 Å². The summed E-state index contributed by atoms with van der Waals surface area (Å²) in [6.45, 7) is 7.59. The van der Waals surface area contributed by atoms with Crippen LogP contribution in [0.1, 0.15) is 66.2 Å². The molecule has 0 aromatic heterocycles. The second-order valence-corrected chi connectivity index (χ2v) is 10.5. The minimum absolute atomic E-state index is 0.0101. The van der Waals surface area contributed by atoms with Crippen molar-refractivity contribution in [3.05, 3.63) is 23.3 Å². The predicted molar refractivity (Wildman–Crippen MR) is 131 cm³/mol. The van der Waals surface area contributed by atoms with Crippen LogP contribution in [0.25, 0.3) is 0 Å². The van der Waals surface area contributed by atoms with Crippen LogP contribution in [0.15, 0.2) is 23.3 Å². The lowest BCUT2D eigenvalue weighted by Crippen LogP contribution is -2.60. The van der Waals surface area contributed by atoms with Crippen molar-refractivity contribution in [2.24, 2.45) is 11.8 Å². The highest BCUT2D eigenvalue weighted by Crippen LogP contribution is 2.27. The second kappa shape index (κ2) is 12.6. The van der Waals surface area contributed by atoms with Crippen LogP contribution in [0.2, 0.25) is 0 Å². The summed E-state index contributed by atoms with van der Waals surface area (Å²) in [5, 5.41) is 5.69. The second-order valence-electron chi connectivity index (χ2n) is 9.54. The fraction of sp³-hybridized carbons (Fsp3) is 0.720. The lowest BCUT2D eigenvalue weighted by atomic mass is 9.85. The molecule has 0 spiro atoms. The van der Waals surface area contributed by atoms with Crippen LogP contribution in [0, 0.1) is 11.8 Å². The van der Waals surface area contributed by atoms with Gasteiger partial charge >= 0.3 is 0 Å². The molecule has 0 fully saturated rings. The monoisotopic (exact) mass is 464 g/mol. The van der Waals surface area contributed by atoms with Crippen LogP contribution < -0.4 is 10.6 Å². The number of nitrogens with one attached hydrogen (secondary N) is 2. The fourth-order valence-corrected chi connectivity index (χ4v) is 4.96. The molecule has 0 radical (unpaired) electrons. The number of amides is 2. The fourth-order valence-electron chi connectivity index (χ4n) is 4.01. The molecule has 0 saturated carbocycles. The summed E-state index contributed by atoms with van der Waals surface area (Å²) >= 11 is 1.61. The number of ketones is 1. The minimum Gasteiger partial charge on any atom is -0.377 e. The number of carbonyl (C=O) groups is 3. The van der Waals surface area contributed by atoms with Crippen molar-refractivity contribution in [3.63, 3.8) is 0 Å². The number of rotatable bonds is 11. The first-order valence-corrected chi connectivity index (χ1v) is 12.9. The molecule has 6 nitrogen and oxygen atoms in total. The van der Waals surface area contributed by atoms with Gasteiger partial charge in [0.25, 0.3) is 0 Å². The average Bonchev–Trinajstić information content (AvgIpc) is 2.78. The molecule has 2 N–H and O–H groups in total. The third-order valence-corrected chi connectivity index (χ3v) is 7.84. The number of hydrogen-bond donors (Lipinski definition) is 2. The van der Waals surface area contributed by atoms with E-state index in [9.17, 15) is 14.4 Å². The predicted octanol–water partition coefficient (Wildman–Crippen LogP) is 3.81. The Kier molecular flexibility index (Phi) is 10.5. The van der Waals surface area contributed by atoms with Gasteiger partial charge in [-0.1, -0.05) is 32.4 Å². The van der Waals surface area contributed by atoms with E-state index in [1.54, 1.807) is 25.8 Å². The molecule has 0 aromatic carbocycles. The molecule has 2 aliphatic rings. The summed E-state index contributed by atoms with van der Waals surface area (Å²) in [6.07, 6.45) is 10.3. The van der Waals surface area contributed by atoms with Gasteiger partial charge in [-0.3, -0.25) is 14.4 Å². The Labute approximate surface area is 197 Å². The van der Waals surface area contributed by atoms with Crippen LogP contribution >= 0.6 is 11.8 Å². The Balaban J connectivity index is 1.88. The van der Waals surface area contributed by atoms with Crippen LogP contribution in [-0.2, 0) is 19.1 Å². The van der Waals surface area contributed by atoms with Gasteiger partial charge < -0.3 is 15.4 Å². The van der Waals surface area contributed by atoms with Gasteiger partial charge in [0.05, 0.1) is 18.4 Å². The Morgan fingerprint density at radius 2 is 2.00 bits per heavy atom. The van der Waals surface area contributed by atoms with Crippen LogP contribution in [0.3, 0.4) is 0 Å². The van der Waals surface area contributed by atoms with Gasteiger partial charge in [0, 0.05) is 18.4 Å². The third-order valence-electron chi connectivity index (χ3n) is 6.74. The summed E-state index contributed by atoms with van der Waals surface area (Å²) in [4.78, 5) is 38.2. The molecular formula is C25H40N2O4S. The van der Waals surface area contributed by atoms with Gasteiger partial charge in [-0.2, -0.15) is 0 Å². The first kappa shape index (κ1) is 26.7. The number of ether oxygens (including phenoxy) is 1. The number of hydrogen-bond acceptors (Lipinski definition) is 5. The number of carbonyl (C=O) groups excluding carboxylic acids is 3. The first-order valence-electron chi connectivity index (χ1n) is 11.8. The molecule has 2 unspecified atom stereocenters. The van der Waals surface area contributed by atoms with E-state index in [0.29, 0.717) is 23.7 Å². The zero-order valence-corrected chi connectivity index (χ0v) is 21.1. The van der Waals surface area contributed by atoms with Gasteiger partial charge in [-0.15, -0.1) is 11.8 Å². The molecule has 0 aromatic rings. The Morgan fingerprint density at radius 3 is 2.62 bits per heavy atom. The molecule has 3 atom stereocenters. The summed E-state index contributed by atoms with van der Waals surface area (Å²) < 4.78 is 5.47. The molecule has 32 heavy (non-hydrogen) atoms.